The predicted molar refractivity (Wildman–Crippen MR) is 68.6 cm³/mol. The van der Waals surface area contributed by atoms with Crippen LogP contribution in [-0.2, 0) is 5.60 Å². The second-order valence-electron chi connectivity index (χ2n) is 6.41. The first-order chi connectivity index (χ1) is 8.24. The average molecular weight is 291 g/mol. The topological polar surface area (TPSA) is 20.2 Å². The summed E-state index contributed by atoms with van der Waals surface area (Å²) in [5.74, 6) is 4.86. The first-order valence-corrected chi connectivity index (χ1v) is 7.58. The highest BCUT2D eigenvalue weighted by molar-refractivity contribution is 9.09. The predicted octanol–water partition coefficient (Wildman–Crippen LogP) is 2.78. The van der Waals surface area contributed by atoms with E-state index in [9.17, 15) is 5.11 Å². The van der Waals surface area contributed by atoms with Gasteiger partial charge in [0.1, 0.15) is 5.60 Å². The molecule has 1 N–H and O–H groups in total. The molecule has 5 aliphatic carbocycles. The molecule has 0 heterocycles. The van der Waals surface area contributed by atoms with Gasteiger partial charge in [-0.3, -0.25) is 0 Å². The minimum atomic E-state index is -0.594. The van der Waals surface area contributed by atoms with E-state index in [1.807, 2.05) is 18.2 Å². The highest BCUT2D eigenvalue weighted by atomic mass is 79.9. The van der Waals surface area contributed by atoms with Crippen molar-refractivity contribution in [3.63, 3.8) is 0 Å². The van der Waals surface area contributed by atoms with Crippen LogP contribution in [0.3, 0.4) is 0 Å². The molecular weight excluding hydrogens is 276 g/mol. The Bertz CT molecular complexity index is 501. The minimum absolute atomic E-state index is 0.279. The Kier molecular flexibility index (Phi) is 1.49. The van der Waals surface area contributed by atoms with E-state index in [0.717, 1.165) is 35.2 Å². The molecule has 0 spiro atoms. The fourth-order valence-electron chi connectivity index (χ4n) is 5.78. The molecular formula is C15H15BrO. The second-order valence-corrected chi connectivity index (χ2v) is 7.40. The third-order valence-electron chi connectivity index (χ3n) is 6.15. The normalized spacial score (nSPS) is 60.9. The molecule has 0 saturated heterocycles. The van der Waals surface area contributed by atoms with Crippen LogP contribution >= 0.6 is 15.9 Å². The lowest BCUT2D eigenvalue weighted by atomic mass is 9.78. The lowest BCUT2D eigenvalue weighted by Crippen LogP contribution is -2.42. The van der Waals surface area contributed by atoms with Crippen LogP contribution in [0.4, 0.5) is 0 Å². The van der Waals surface area contributed by atoms with E-state index in [1.165, 1.54) is 6.42 Å². The molecule has 6 rings (SSSR count). The molecule has 1 nitrogen and oxygen atoms in total. The van der Waals surface area contributed by atoms with Gasteiger partial charge in [0.15, 0.2) is 0 Å². The summed E-state index contributed by atoms with van der Waals surface area (Å²) in [4.78, 5) is 0.279. The molecule has 2 heteroatoms. The maximum absolute atomic E-state index is 11.3. The van der Waals surface area contributed by atoms with Crippen molar-refractivity contribution in [3.8, 4) is 0 Å². The van der Waals surface area contributed by atoms with Crippen molar-refractivity contribution in [1.29, 1.82) is 0 Å². The van der Waals surface area contributed by atoms with Gasteiger partial charge in [-0.1, -0.05) is 46.3 Å². The Labute approximate surface area is 109 Å². The molecule has 5 saturated carbocycles. The van der Waals surface area contributed by atoms with Crippen LogP contribution in [0.2, 0.25) is 0 Å². The number of hydrogen-bond donors (Lipinski definition) is 1. The van der Waals surface area contributed by atoms with Crippen LogP contribution in [0.1, 0.15) is 12.0 Å². The second kappa shape index (κ2) is 2.65. The van der Waals surface area contributed by atoms with Gasteiger partial charge in [-0.05, 0) is 47.5 Å². The molecule has 6 bridgehead atoms. The van der Waals surface area contributed by atoms with E-state index in [-0.39, 0.29) is 4.83 Å². The van der Waals surface area contributed by atoms with Gasteiger partial charge in [0, 0.05) is 0 Å². The highest BCUT2D eigenvalue weighted by Gasteiger charge is 2.83. The molecule has 8 atom stereocenters. The Morgan fingerprint density at radius 1 is 1.06 bits per heavy atom. The van der Waals surface area contributed by atoms with E-state index in [1.54, 1.807) is 0 Å². The molecule has 6 unspecified atom stereocenters. The standard InChI is InChI=1S/C15H15BrO/c16-14-12-9-6-8-10(12)11(8)13(9)15(14,17)7-4-2-1-3-5-7/h1-5,8-14,17H,6H2/t8?,9?,10?,11?,12?,13?,14-,15+/m0/s1. The molecule has 1 aromatic carbocycles. The van der Waals surface area contributed by atoms with Crippen LogP contribution in [0.5, 0.6) is 0 Å². The van der Waals surface area contributed by atoms with Crippen molar-refractivity contribution in [2.45, 2.75) is 16.8 Å². The zero-order valence-corrected chi connectivity index (χ0v) is 11.0. The SMILES string of the molecule is O[C@]1(c2ccccc2)C2C3CC4C(C42)C3[C@@H]1Br. The van der Waals surface area contributed by atoms with Gasteiger partial charge in [0.05, 0.1) is 4.83 Å². The van der Waals surface area contributed by atoms with Crippen molar-refractivity contribution in [2.75, 3.05) is 0 Å². The molecule has 0 radical (unpaired) electrons. The largest absolute Gasteiger partial charge is 0.384 e. The summed E-state index contributed by atoms with van der Waals surface area (Å²) in [6.07, 6.45) is 1.39. The lowest BCUT2D eigenvalue weighted by molar-refractivity contribution is -0.0191. The van der Waals surface area contributed by atoms with Crippen molar-refractivity contribution < 1.29 is 5.11 Å². The summed E-state index contributed by atoms with van der Waals surface area (Å²) in [6, 6.07) is 10.3. The summed E-state index contributed by atoms with van der Waals surface area (Å²) in [5, 5.41) is 11.3. The molecule has 5 fully saturated rings. The zero-order chi connectivity index (χ0) is 11.4. The Hall–Kier alpha value is -0.340. The van der Waals surface area contributed by atoms with Crippen molar-refractivity contribution in [1.82, 2.24) is 0 Å². The Morgan fingerprint density at radius 3 is 2.47 bits per heavy atom. The number of rotatable bonds is 1. The smallest absolute Gasteiger partial charge is 0.106 e. The maximum Gasteiger partial charge on any atom is 0.106 e. The average Bonchev–Trinajstić information content (AvgIpc) is 2.76. The molecule has 0 amide bonds. The van der Waals surface area contributed by atoms with Crippen molar-refractivity contribution in [2.24, 2.45) is 35.5 Å². The first kappa shape index (κ1) is 9.57. The molecule has 0 aliphatic heterocycles. The van der Waals surface area contributed by atoms with Crippen LogP contribution in [-0.4, -0.2) is 9.93 Å². The van der Waals surface area contributed by atoms with E-state index in [2.05, 4.69) is 28.1 Å². The van der Waals surface area contributed by atoms with Crippen LogP contribution in [0, 0.1) is 35.5 Å². The summed E-state index contributed by atoms with van der Waals surface area (Å²) < 4.78 is 0. The summed E-state index contributed by atoms with van der Waals surface area (Å²) in [5.41, 5.74) is 0.536. The monoisotopic (exact) mass is 290 g/mol. The molecule has 88 valence electrons. The third-order valence-corrected chi connectivity index (χ3v) is 7.46. The van der Waals surface area contributed by atoms with Crippen molar-refractivity contribution >= 4 is 15.9 Å². The van der Waals surface area contributed by atoms with E-state index in [0.29, 0.717) is 5.92 Å². The minimum Gasteiger partial charge on any atom is -0.384 e. The summed E-state index contributed by atoms with van der Waals surface area (Å²) >= 11 is 3.84. The summed E-state index contributed by atoms with van der Waals surface area (Å²) in [6.45, 7) is 0. The van der Waals surface area contributed by atoms with Gasteiger partial charge < -0.3 is 5.11 Å². The van der Waals surface area contributed by atoms with Crippen molar-refractivity contribution in [3.05, 3.63) is 35.9 Å². The fourth-order valence-corrected chi connectivity index (χ4v) is 7.10. The van der Waals surface area contributed by atoms with Crippen LogP contribution in [0.25, 0.3) is 0 Å². The highest BCUT2D eigenvalue weighted by Crippen LogP contribution is 2.84. The van der Waals surface area contributed by atoms with Gasteiger partial charge in [0.25, 0.3) is 0 Å². The van der Waals surface area contributed by atoms with Gasteiger partial charge in [0.2, 0.25) is 0 Å². The fraction of sp³-hybridized carbons (Fsp3) is 0.600. The van der Waals surface area contributed by atoms with Gasteiger partial charge >= 0.3 is 0 Å². The Morgan fingerprint density at radius 2 is 1.82 bits per heavy atom. The number of halogens is 1. The molecule has 0 aromatic heterocycles. The molecule has 17 heavy (non-hydrogen) atoms. The lowest BCUT2D eigenvalue weighted by Gasteiger charge is -2.37. The third kappa shape index (κ3) is 0.821. The summed E-state index contributed by atoms with van der Waals surface area (Å²) in [7, 11) is 0. The number of hydrogen-bond acceptors (Lipinski definition) is 1. The number of alkyl halides is 1. The van der Waals surface area contributed by atoms with Gasteiger partial charge in [-0.2, -0.15) is 0 Å². The zero-order valence-electron chi connectivity index (χ0n) is 9.46. The van der Waals surface area contributed by atoms with Gasteiger partial charge in [-0.25, -0.2) is 0 Å². The van der Waals surface area contributed by atoms with E-state index >= 15 is 0 Å². The Balaban J connectivity index is 1.69. The first-order valence-electron chi connectivity index (χ1n) is 6.66. The number of benzene rings is 1. The van der Waals surface area contributed by atoms with Crippen LogP contribution < -0.4 is 0 Å². The van der Waals surface area contributed by atoms with Gasteiger partial charge in [-0.15, -0.1) is 0 Å². The quantitative estimate of drug-likeness (QED) is 0.789. The maximum atomic E-state index is 11.3. The van der Waals surface area contributed by atoms with E-state index < -0.39 is 5.60 Å². The van der Waals surface area contributed by atoms with E-state index in [4.69, 9.17) is 0 Å². The number of aliphatic hydroxyl groups is 1. The van der Waals surface area contributed by atoms with Crippen LogP contribution in [0.15, 0.2) is 30.3 Å². The molecule has 1 aromatic rings. The molecule has 5 aliphatic rings.